The van der Waals surface area contributed by atoms with Crippen LogP contribution < -0.4 is 4.90 Å². The summed E-state index contributed by atoms with van der Waals surface area (Å²) in [5.74, 6) is 0. The van der Waals surface area contributed by atoms with Crippen molar-refractivity contribution in [3.05, 3.63) is 33.9 Å². The molecule has 0 spiro atoms. The van der Waals surface area contributed by atoms with E-state index in [0.29, 0.717) is 18.8 Å². The van der Waals surface area contributed by atoms with Crippen molar-refractivity contribution in [2.45, 2.75) is 20.3 Å². The van der Waals surface area contributed by atoms with Crippen molar-refractivity contribution in [1.82, 2.24) is 0 Å². The molecule has 17 heavy (non-hydrogen) atoms. The van der Waals surface area contributed by atoms with E-state index in [1.54, 1.807) is 12.1 Å². The second-order valence-corrected chi connectivity index (χ2v) is 3.96. The van der Waals surface area contributed by atoms with Gasteiger partial charge in [-0.05, 0) is 25.0 Å². The molecule has 0 saturated heterocycles. The van der Waals surface area contributed by atoms with Crippen LogP contribution in [0.5, 0.6) is 0 Å². The van der Waals surface area contributed by atoms with Crippen molar-refractivity contribution in [1.29, 1.82) is 0 Å². The molecule has 0 atom stereocenters. The molecule has 0 saturated carbocycles. The van der Waals surface area contributed by atoms with Crippen LogP contribution >= 0.6 is 0 Å². The lowest BCUT2D eigenvalue weighted by Crippen LogP contribution is -2.28. The van der Waals surface area contributed by atoms with Gasteiger partial charge in [0, 0.05) is 19.2 Å². The molecule has 0 aliphatic heterocycles. The molecule has 0 bridgehead atoms. The Morgan fingerprint density at radius 2 is 2.12 bits per heavy atom. The summed E-state index contributed by atoms with van der Waals surface area (Å²) in [6, 6.07) is 5.16. The SMILES string of the molecule is CCCN(CCO)c1ccc(C)cc1[N+](=O)[O-]. The first-order chi connectivity index (χ1) is 8.10. The summed E-state index contributed by atoms with van der Waals surface area (Å²) in [5, 5.41) is 20.0. The highest BCUT2D eigenvalue weighted by Crippen LogP contribution is 2.29. The lowest BCUT2D eigenvalue weighted by Gasteiger charge is -2.23. The first kappa shape index (κ1) is 13.4. The number of hydrogen-bond donors (Lipinski definition) is 1. The summed E-state index contributed by atoms with van der Waals surface area (Å²) < 4.78 is 0. The fraction of sp³-hybridized carbons (Fsp3) is 0.500. The van der Waals surface area contributed by atoms with Crippen LogP contribution in [-0.4, -0.2) is 29.7 Å². The molecule has 0 radical (unpaired) electrons. The van der Waals surface area contributed by atoms with Gasteiger partial charge in [-0.3, -0.25) is 10.1 Å². The summed E-state index contributed by atoms with van der Waals surface area (Å²) in [4.78, 5) is 12.5. The van der Waals surface area contributed by atoms with Gasteiger partial charge in [-0.1, -0.05) is 13.0 Å². The molecule has 0 aliphatic rings. The van der Waals surface area contributed by atoms with E-state index in [0.717, 1.165) is 12.0 Å². The van der Waals surface area contributed by atoms with E-state index in [-0.39, 0.29) is 17.2 Å². The number of aryl methyl sites for hydroxylation is 1. The van der Waals surface area contributed by atoms with E-state index in [1.165, 1.54) is 0 Å². The Labute approximate surface area is 101 Å². The molecular formula is C12H18N2O3. The zero-order valence-electron chi connectivity index (χ0n) is 10.2. The second kappa shape index (κ2) is 6.20. The molecule has 5 nitrogen and oxygen atoms in total. The third-order valence-corrected chi connectivity index (χ3v) is 2.53. The van der Waals surface area contributed by atoms with Gasteiger partial charge in [0.2, 0.25) is 0 Å². The predicted octanol–water partition coefficient (Wildman–Crippen LogP) is 2.11. The van der Waals surface area contributed by atoms with Crippen LogP contribution in [0.4, 0.5) is 11.4 Å². The molecule has 0 aliphatic carbocycles. The van der Waals surface area contributed by atoms with Gasteiger partial charge in [-0.2, -0.15) is 0 Å². The fourth-order valence-electron chi connectivity index (χ4n) is 1.79. The number of hydrogen-bond acceptors (Lipinski definition) is 4. The van der Waals surface area contributed by atoms with Crippen molar-refractivity contribution in [3.63, 3.8) is 0 Å². The smallest absolute Gasteiger partial charge is 0.292 e. The van der Waals surface area contributed by atoms with Gasteiger partial charge in [0.05, 0.1) is 11.5 Å². The first-order valence-electron chi connectivity index (χ1n) is 5.71. The molecule has 1 aromatic carbocycles. The number of aliphatic hydroxyl groups is 1. The lowest BCUT2D eigenvalue weighted by atomic mass is 10.1. The van der Waals surface area contributed by atoms with E-state index in [4.69, 9.17) is 5.11 Å². The maximum Gasteiger partial charge on any atom is 0.292 e. The van der Waals surface area contributed by atoms with Crippen LogP contribution in [0.2, 0.25) is 0 Å². The van der Waals surface area contributed by atoms with Gasteiger partial charge in [-0.25, -0.2) is 0 Å². The highest BCUT2D eigenvalue weighted by Gasteiger charge is 2.18. The van der Waals surface area contributed by atoms with Crippen LogP contribution in [0.3, 0.4) is 0 Å². The molecular weight excluding hydrogens is 220 g/mol. The number of anilines is 1. The van der Waals surface area contributed by atoms with E-state index < -0.39 is 0 Å². The van der Waals surface area contributed by atoms with Gasteiger partial charge < -0.3 is 10.0 Å². The maximum atomic E-state index is 11.0. The van der Waals surface area contributed by atoms with Crippen LogP contribution in [0.25, 0.3) is 0 Å². The highest BCUT2D eigenvalue weighted by atomic mass is 16.6. The monoisotopic (exact) mass is 238 g/mol. The molecule has 0 heterocycles. The third-order valence-electron chi connectivity index (χ3n) is 2.53. The van der Waals surface area contributed by atoms with E-state index in [1.807, 2.05) is 24.8 Å². The normalized spacial score (nSPS) is 10.3. The van der Waals surface area contributed by atoms with Gasteiger partial charge >= 0.3 is 0 Å². The Bertz CT molecular complexity index is 387. The summed E-state index contributed by atoms with van der Waals surface area (Å²) in [6.45, 7) is 4.94. The van der Waals surface area contributed by atoms with Crippen LogP contribution in [0.1, 0.15) is 18.9 Å². The molecule has 0 amide bonds. The predicted molar refractivity (Wildman–Crippen MR) is 67.4 cm³/mol. The summed E-state index contributed by atoms with van der Waals surface area (Å²) >= 11 is 0. The van der Waals surface area contributed by atoms with Crippen molar-refractivity contribution >= 4 is 11.4 Å². The summed E-state index contributed by atoms with van der Waals surface area (Å²) in [5.41, 5.74) is 1.55. The minimum atomic E-state index is -0.373. The molecule has 94 valence electrons. The Kier molecular flexibility index (Phi) is 4.90. The number of nitro groups is 1. The molecule has 1 N–H and O–H groups in total. The fourth-order valence-corrected chi connectivity index (χ4v) is 1.79. The van der Waals surface area contributed by atoms with Crippen LogP contribution in [0.15, 0.2) is 18.2 Å². The Hall–Kier alpha value is -1.62. The van der Waals surface area contributed by atoms with E-state index >= 15 is 0 Å². The van der Waals surface area contributed by atoms with Crippen LogP contribution in [-0.2, 0) is 0 Å². The van der Waals surface area contributed by atoms with Crippen molar-refractivity contribution in [2.24, 2.45) is 0 Å². The van der Waals surface area contributed by atoms with E-state index in [2.05, 4.69) is 0 Å². The number of aliphatic hydroxyl groups excluding tert-OH is 1. The van der Waals surface area contributed by atoms with Gasteiger partial charge in [0.25, 0.3) is 5.69 Å². The zero-order valence-corrected chi connectivity index (χ0v) is 10.2. The van der Waals surface area contributed by atoms with Crippen molar-refractivity contribution < 1.29 is 10.0 Å². The largest absolute Gasteiger partial charge is 0.395 e. The number of benzene rings is 1. The third kappa shape index (κ3) is 3.42. The standard InChI is InChI=1S/C12H18N2O3/c1-3-6-13(7-8-15)11-5-4-10(2)9-12(11)14(16)17/h4-5,9,15H,3,6-8H2,1-2H3. The second-order valence-electron chi connectivity index (χ2n) is 3.96. The van der Waals surface area contributed by atoms with Crippen molar-refractivity contribution in [3.8, 4) is 0 Å². The van der Waals surface area contributed by atoms with Crippen LogP contribution in [0, 0.1) is 17.0 Å². The molecule has 0 unspecified atom stereocenters. The summed E-state index contributed by atoms with van der Waals surface area (Å²) in [7, 11) is 0. The Morgan fingerprint density at radius 3 is 2.65 bits per heavy atom. The molecule has 1 rings (SSSR count). The molecule has 0 fully saturated rings. The first-order valence-corrected chi connectivity index (χ1v) is 5.71. The van der Waals surface area contributed by atoms with Gasteiger partial charge in [-0.15, -0.1) is 0 Å². The Morgan fingerprint density at radius 1 is 1.41 bits per heavy atom. The maximum absolute atomic E-state index is 11.0. The average Bonchev–Trinajstić information content (AvgIpc) is 2.28. The highest BCUT2D eigenvalue weighted by molar-refractivity contribution is 5.64. The molecule has 5 heteroatoms. The number of nitrogens with zero attached hydrogens (tertiary/aromatic N) is 2. The quantitative estimate of drug-likeness (QED) is 0.609. The number of rotatable bonds is 6. The molecule has 0 aromatic heterocycles. The topological polar surface area (TPSA) is 66.6 Å². The Balaban J connectivity index is 3.12. The minimum absolute atomic E-state index is 0.00890. The van der Waals surface area contributed by atoms with E-state index in [9.17, 15) is 10.1 Å². The molecule has 1 aromatic rings. The summed E-state index contributed by atoms with van der Waals surface area (Å²) in [6.07, 6.45) is 0.880. The zero-order chi connectivity index (χ0) is 12.8. The van der Waals surface area contributed by atoms with Gasteiger partial charge in [0.15, 0.2) is 0 Å². The minimum Gasteiger partial charge on any atom is -0.395 e. The van der Waals surface area contributed by atoms with Gasteiger partial charge in [0.1, 0.15) is 5.69 Å². The lowest BCUT2D eigenvalue weighted by molar-refractivity contribution is -0.384. The number of nitro benzene ring substituents is 1. The average molecular weight is 238 g/mol. The van der Waals surface area contributed by atoms with Crippen molar-refractivity contribution in [2.75, 3.05) is 24.6 Å².